The number of hydrogen-bond donors (Lipinski definition) is 2. The molecule has 1 aliphatic rings. The molecule has 0 bridgehead atoms. The molecule has 2 amide bonds. The van der Waals surface area contributed by atoms with Gasteiger partial charge in [-0.05, 0) is 66.6 Å². The van der Waals surface area contributed by atoms with E-state index in [0.717, 1.165) is 5.56 Å². The third-order valence-electron chi connectivity index (χ3n) is 7.63. The van der Waals surface area contributed by atoms with E-state index in [-0.39, 0.29) is 28.9 Å². The second-order valence-electron chi connectivity index (χ2n) is 10.3. The molecule has 0 aliphatic carbocycles. The third kappa shape index (κ3) is 5.28. The van der Waals surface area contributed by atoms with Crippen molar-refractivity contribution in [3.05, 3.63) is 127 Å². The molecular formula is C32H25Cl2N7O3. The van der Waals surface area contributed by atoms with Crippen LogP contribution in [0.15, 0.2) is 77.7 Å². The predicted molar refractivity (Wildman–Crippen MR) is 168 cm³/mol. The molecule has 0 unspecified atom stereocenters. The van der Waals surface area contributed by atoms with E-state index in [1.54, 1.807) is 75.8 Å². The molecule has 0 saturated heterocycles. The van der Waals surface area contributed by atoms with Gasteiger partial charge in [0, 0.05) is 36.8 Å². The highest BCUT2D eigenvalue weighted by Crippen LogP contribution is 2.28. The zero-order valence-corrected chi connectivity index (χ0v) is 25.0. The fraction of sp³-hybridized carbons (Fsp3) is 0.156. The number of rotatable bonds is 6. The predicted octanol–water partition coefficient (Wildman–Crippen LogP) is 4.83. The van der Waals surface area contributed by atoms with Gasteiger partial charge in [-0.1, -0.05) is 35.3 Å². The normalized spacial score (nSPS) is 12.5. The lowest BCUT2D eigenvalue weighted by molar-refractivity contribution is 0.0729. The van der Waals surface area contributed by atoms with Gasteiger partial charge in [-0.2, -0.15) is 10.4 Å². The van der Waals surface area contributed by atoms with E-state index in [1.807, 2.05) is 12.1 Å². The van der Waals surface area contributed by atoms with Gasteiger partial charge in [0.15, 0.2) is 5.65 Å². The average Bonchev–Trinajstić information content (AvgIpc) is 3.48. The molecule has 3 heterocycles. The van der Waals surface area contributed by atoms with Gasteiger partial charge >= 0.3 is 0 Å². The molecule has 0 saturated carbocycles. The van der Waals surface area contributed by atoms with Crippen LogP contribution in [0.5, 0.6) is 0 Å². The first-order valence-corrected chi connectivity index (χ1v) is 14.5. The van der Waals surface area contributed by atoms with E-state index >= 15 is 0 Å². The quantitative estimate of drug-likeness (QED) is 0.278. The maximum absolute atomic E-state index is 14.2. The van der Waals surface area contributed by atoms with Gasteiger partial charge in [0.2, 0.25) is 0 Å². The van der Waals surface area contributed by atoms with Crippen LogP contribution in [0.2, 0.25) is 10.0 Å². The summed E-state index contributed by atoms with van der Waals surface area (Å²) in [6.45, 7) is 0.900. The van der Waals surface area contributed by atoms with E-state index in [0.29, 0.717) is 69.5 Å². The number of nitrogens with zero attached hydrogens (tertiary/aromatic N) is 5. The Kier molecular flexibility index (Phi) is 7.82. The molecule has 6 rings (SSSR count). The minimum Gasteiger partial charge on any atom is -0.377 e. The molecule has 2 aromatic heterocycles. The number of amides is 2. The lowest BCUT2D eigenvalue weighted by Gasteiger charge is -2.29. The lowest BCUT2D eigenvalue weighted by atomic mass is 10.0. The Morgan fingerprint density at radius 3 is 2.41 bits per heavy atom. The molecule has 12 heteroatoms. The van der Waals surface area contributed by atoms with Crippen molar-refractivity contribution in [3.63, 3.8) is 0 Å². The molecule has 220 valence electrons. The van der Waals surface area contributed by atoms with Gasteiger partial charge < -0.3 is 15.5 Å². The average molecular weight is 627 g/mol. The number of hydrogen-bond acceptors (Lipinski definition) is 6. The van der Waals surface area contributed by atoms with Crippen LogP contribution in [-0.4, -0.2) is 44.5 Å². The van der Waals surface area contributed by atoms with Crippen LogP contribution < -0.4 is 16.2 Å². The Balaban J connectivity index is 1.44. The Hall–Kier alpha value is -5.11. The number of nitrogens with one attached hydrogen (secondary N) is 2. The van der Waals surface area contributed by atoms with Gasteiger partial charge in [-0.3, -0.25) is 19.0 Å². The van der Waals surface area contributed by atoms with Crippen molar-refractivity contribution in [2.45, 2.75) is 19.5 Å². The van der Waals surface area contributed by atoms with Crippen molar-refractivity contribution in [1.82, 2.24) is 24.4 Å². The number of halogens is 2. The molecule has 0 fully saturated rings. The Morgan fingerprint density at radius 2 is 1.73 bits per heavy atom. The molecule has 44 heavy (non-hydrogen) atoms. The fourth-order valence-corrected chi connectivity index (χ4v) is 5.61. The van der Waals surface area contributed by atoms with Crippen molar-refractivity contribution in [2.24, 2.45) is 0 Å². The van der Waals surface area contributed by atoms with E-state index in [2.05, 4.69) is 21.8 Å². The number of carbonyl (C=O) groups excluding carboxylic acids is 2. The van der Waals surface area contributed by atoms with Crippen molar-refractivity contribution in [1.29, 1.82) is 5.26 Å². The summed E-state index contributed by atoms with van der Waals surface area (Å²) in [5.74, 6) is -0.469. The fourth-order valence-electron chi connectivity index (χ4n) is 5.31. The van der Waals surface area contributed by atoms with Crippen molar-refractivity contribution < 1.29 is 9.59 Å². The minimum absolute atomic E-state index is 0.160. The van der Waals surface area contributed by atoms with Gasteiger partial charge in [-0.25, -0.2) is 4.52 Å². The molecule has 5 aromatic rings. The summed E-state index contributed by atoms with van der Waals surface area (Å²) in [6, 6.07) is 20.8. The number of carbonyl (C=O) groups is 2. The van der Waals surface area contributed by atoms with Gasteiger partial charge in [0.25, 0.3) is 17.4 Å². The maximum Gasteiger partial charge on any atom is 0.261 e. The first kappa shape index (κ1) is 29.0. The lowest BCUT2D eigenvalue weighted by Crippen LogP contribution is -2.41. The number of nitriles is 1. The first-order chi connectivity index (χ1) is 21.3. The number of benzene rings is 3. The zero-order valence-electron chi connectivity index (χ0n) is 23.5. The summed E-state index contributed by atoms with van der Waals surface area (Å²) >= 11 is 12.2. The summed E-state index contributed by atoms with van der Waals surface area (Å²) in [5, 5.41) is 20.4. The second kappa shape index (κ2) is 11.9. The van der Waals surface area contributed by atoms with E-state index in [1.165, 1.54) is 6.07 Å². The summed E-state index contributed by atoms with van der Waals surface area (Å²) in [5.41, 5.74) is 4.92. The number of anilines is 1. The van der Waals surface area contributed by atoms with Crippen LogP contribution >= 0.6 is 23.2 Å². The van der Waals surface area contributed by atoms with Gasteiger partial charge in [-0.15, -0.1) is 0 Å². The Morgan fingerprint density at radius 1 is 1.00 bits per heavy atom. The first-order valence-electron chi connectivity index (χ1n) is 13.7. The van der Waals surface area contributed by atoms with Crippen LogP contribution in [0, 0.1) is 11.3 Å². The van der Waals surface area contributed by atoms with Crippen LogP contribution in [-0.2, 0) is 19.5 Å². The second-order valence-corrected chi connectivity index (χ2v) is 11.1. The number of aromatic nitrogens is 3. The topological polar surface area (TPSA) is 125 Å². The smallest absolute Gasteiger partial charge is 0.261 e. The zero-order chi connectivity index (χ0) is 31.0. The minimum atomic E-state index is -0.236. The highest BCUT2D eigenvalue weighted by atomic mass is 35.5. The summed E-state index contributed by atoms with van der Waals surface area (Å²) < 4.78 is 3.27. The van der Waals surface area contributed by atoms with E-state index in [9.17, 15) is 14.4 Å². The summed E-state index contributed by atoms with van der Waals surface area (Å²) in [4.78, 5) is 41.4. The standard InChI is InChI=1S/C32H25Cl2N7O3/c1-36-29(42)21-6-9-23(10-7-21)40-30-27(37-16-20-4-2-19(15-35)3-5-20)17-38-41(30)28-18-39(13-12-24(28)32(40)44)31(43)22-8-11-25(33)26(34)14-22/h2-11,14,17,37H,12-13,16,18H2,1H3,(H,36,42). The molecule has 10 nitrogen and oxygen atoms in total. The van der Waals surface area contributed by atoms with E-state index in [4.69, 9.17) is 28.5 Å². The van der Waals surface area contributed by atoms with Crippen molar-refractivity contribution in [3.8, 4) is 11.8 Å². The largest absolute Gasteiger partial charge is 0.377 e. The van der Waals surface area contributed by atoms with Crippen molar-refractivity contribution in [2.75, 3.05) is 18.9 Å². The summed E-state index contributed by atoms with van der Waals surface area (Å²) in [6.07, 6.45) is 1.97. The molecular weight excluding hydrogens is 601 g/mol. The number of fused-ring (bicyclic) bond motifs is 3. The molecule has 0 spiro atoms. The van der Waals surface area contributed by atoms with Crippen LogP contribution in [0.25, 0.3) is 11.3 Å². The van der Waals surface area contributed by atoms with Gasteiger partial charge in [0.05, 0.1) is 51.5 Å². The summed E-state index contributed by atoms with van der Waals surface area (Å²) in [7, 11) is 1.56. The highest BCUT2D eigenvalue weighted by Gasteiger charge is 2.29. The highest BCUT2D eigenvalue weighted by molar-refractivity contribution is 6.42. The van der Waals surface area contributed by atoms with E-state index < -0.39 is 0 Å². The van der Waals surface area contributed by atoms with Crippen LogP contribution in [0.4, 0.5) is 5.69 Å². The van der Waals surface area contributed by atoms with Crippen LogP contribution in [0.1, 0.15) is 43.1 Å². The molecule has 2 N–H and O–H groups in total. The van der Waals surface area contributed by atoms with Crippen LogP contribution in [0.3, 0.4) is 0 Å². The Bertz CT molecular complexity index is 2030. The molecule has 0 atom stereocenters. The maximum atomic E-state index is 14.2. The van der Waals surface area contributed by atoms with Crippen molar-refractivity contribution >= 4 is 46.4 Å². The Labute approximate surface area is 262 Å². The van der Waals surface area contributed by atoms with Gasteiger partial charge in [0.1, 0.15) is 0 Å². The molecule has 0 radical (unpaired) electrons. The molecule has 3 aromatic carbocycles. The third-order valence-corrected chi connectivity index (χ3v) is 8.37. The molecule has 1 aliphatic heterocycles. The SMILES string of the molecule is CNC(=O)c1ccc(-n2c(=O)c3c(n4ncc(NCc5ccc(C#N)cc5)c24)CN(C(=O)c2ccc(Cl)c(Cl)c2)CC3)cc1. The monoisotopic (exact) mass is 625 g/mol.